The maximum atomic E-state index is 13.3. The summed E-state index contributed by atoms with van der Waals surface area (Å²) in [5, 5.41) is 8.73. The summed E-state index contributed by atoms with van der Waals surface area (Å²) in [6, 6.07) is 26.8. The zero-order valence-electron chi connectivity index (χ0n) is 33.5. The number of rotatable bonds is 20. The summed E-state index contributed by atoms with van der Waals surface area (Å²) < 4.78 is 12.3. The van der Waals surface area contributed by atoms with Crippen LogP contribution in [0.5, 0.6) is 11.5 Å². The van der Waals surface area contributed by atoms with Gasteiger partial charge in [-0.05, 0) is 85.3 Å². The molecule has 60 heavy (non-hydrogen) atoms. The molecule has 4 heterocycles. The number of carbonyl (C=O) groups is 3. The van der Waals surface area contributed by atoms with Gasteiger partial charge in [0.15, 0.2) is 35.7 Å². The molecule has 2 aromatic carbocycles. The fourth-order valence-corrected chi connectivity index (χ4v) is 7.47. The monoisotopic (exact) mass is 835 g/mol. The molecule has 0 spiro atoms. The van der Waals surface area contributed by atoms with E-state index in [4.69, 9.17) is 32.5 Å². The van der Waals surface area contributed by atoms with Crippen molar-refractivity contribution < 1.29 is 28.3 Å². The van der Waals surface area contributed by atoms with Crippen molar-refractivity contribution >= 4 is 41.0 Å². The molecular formula is C44H52ClN10O5+. The molecule has 15 nitrogen and oxygen atoms in total. The molecule has 1 saturated heterocycles. The molecule has 1 aliphatic heterocycles. The average Bonchev–Trinajstić information content (AvgIpc) is 3.26. The topological polar surface area (TPSA) is 209 Å². The van der Waals surface area contributed by atoms with E-state index in [1.165, 1.54) is 11.1 Å². The molecule has 16 heteroatoms. The number of piperidine rings is 1. The van der Waals surface area contributed by atoms with Gasteiger partial charge in [0.05, 0.1) is 56.7 Å². The summed E-state index contributed by atoms with van der Waals surface area (Å²) in [7, 11) is 0. The van der Waals surface area contributed by atoms with Crippen molar-refractivity contribution in [2.45, 2.75) is 57.7 Å². The minimum absolute atomic E-state index is 0.0248. The van der Waals surface area contributed by atoms with Gasteiger partial charge in [-0.15, -0.1) is 0 Å². The Labute approximate surface area is 354 Å². The number of halogens is 1. The second kappa shape index (κ2) is 21.6. The molecule has 0 aliphatic carbocycles. The maximum Gasteiger partial charge on any atom is 0.274 e. The molecule has 0 saturated carbocycles. The van der Waals surface area contributed by atoms with Crippen molar-refractivity contribution in [1.29, 1.82) is 0 Å². The first-order valence-electron chi connectivity index (χ1n) is 20.1. The maximum absolute atomic E-state index is 13.3. The van der Waals surface area contributed by atoms with Gasteiger partial charge < -0.3 is 41.4 Å². The van der Waals surface area contributed by atoms with Crippen molar-refractivity contribution in [3.05, 3.63) is 131 Å². The standard InChI is InChI=1S/C44H51ClN10O5/c45-41-43(47)54-42(46)40(53-41)44(58)52-35-12-7-25-55(28-35,23-5-8-31-13-17-36(18-14-31)59-29-38(56)50-26-33-10-1-3-21-48-33)24-6-9-32-15-19-37(20-16-32)60-30-39(57)51-27-34-11-2-4-22-49-34/h1-4,10-11,13-22,35H,5-9,12,23-30H2,(H6-,46,47,50,51,52,54,56,57,58)/p+1/t35-/m0/s1. The number of amides is 3. The highest BCUT2D eigenvalue weighted by molar-refractivity contribution is 6.31. The highest BCUT2D eigenvalue weighted by Crippen LogP contribution is 2.25. The molecule has 3 amide bonds. The normalized spacial score (nSPS) is 14.4. The molecule has 6 rings (SSSR count). The molecule has 7 N–H and O–H groups in total. The Morgan fingerprint density at radius 1 is 0.717 bits per heavy atom. The summed E-state index contributed by atoms with van der Waals surface area (Å²) in [5.74, 6) is 0.300. The first-order chi connectivity index (χ1) is 29.1. The van der Waals surface area contributed by atoms with Gasteiger partial charge >= 0.3 is 0 Å². The Morgan fingerprint density at radius 2 is 1.25 bits per heavy atom. The van der Waals surface area contributed by atoms with Gasteiger partial charge in [-0.25, -0.2) is 9.97 Å². The van der Waals surface area contributed by atoms with Gasteiger partial charge in [0.2, 0.25) is 0 Å². The van der Waals surface area contributed by atoms with Gasteiger partial charge in [0.25, 0.3) is 17.7 Å². The predicted molar refractivity (Wildman–Crippen MR) is 229 cm³/mol. The Kier molecular flexibility index (Phi) is 15.6. The average molecular weight is 836 g/mol. The van der Waals surface area contributed by atoms with Crippen LogP contribution in [0, 0.1) is 0 Å². The number of hydrogen-bond donors (Lipinski definition) is 5. The number of nitrogens with two attached hydrogens (primary N) is 2. The molecule has 3 aromatic heterocycles. The van der Waals surface area contributed by atoms with Crippen LogP contribution in [-0.4, -0.2) is 87.6 Å². The number of anilines is 2. The smallest absolute Gasteiger partial charge is 0.274 e. The van der Waals surface area contributed by atoms with E-state index in [2.05, 4.69) is 35.9 Å². The van der Waals surface area contributed by atoms with Crippen LogP contribution in [0.1, 0.15) is 58.7 Å². The fraction of sp³-hybridized carbons (Fsp3) is 0.341. The Bertz CT molecular complexity index is 2050. The lowest BCUT2D eigenvalue weighted by molar-refractivity contribution is -0.933. The number of aromatic nitrogens is 4. The SMILES string of the molecule is Nc1nc(N)c(C(=O)N[C@H]2CCC[N+](CCCc3ccc(OCC(=O)NCc4ccccn4)cc3)(CCCc3ccc(OCC(=O)NCc4ccccn4)cc3)C2)nc1Cl. The number of nitrogens with zero attached hydrogens (tertiary/aromatic N) is 5. The van der Waals surface area contributed by atoms with E-state index in [0.29, 0.717) is 24.6 Å². The molecule has 1 atom stereocenters. The highest BCUT2D eigenvalue weighted by atomic mass is 35.5. The summed E-state index contributed by atoms with van der Waals surface area (Å²) >= 11 is 6.08. The van der Waals surface area contributed by atoms with Crippen LogP contribution in [0.15, 0.2) is 97.3 Å². The third-order valence-corrected chi connectivity index (χ3v) is 10.7. The first kappa shape index (κ1) is 43.3. The summed E-state index contributed by atoms with van der Waals surface area (Å²) in [4.78, 5) is 54.5. The molecule has 0 radical (unpaired) electrons. The zero-order chi connectivity index (χ0) is 42.2. The van der Waals surface area contributed by atoms with E-state index in [1.54, 1.807) is 12.4 Å². The van der Waals surface area contributed by atoms with Gasteiger partial charge in [-0.2, -0.15) is 0 Å². The van der Waals surface area contributed by atoms with E-state index in [1.807, 2.05) is 84.9 Å². The predicted octanol–water partition coefficient (Wildman–Crippen LogP) is 4.45. The van der Waals surface area contributed by atoms with Crippen LogP contribution in [0.3, 0.4) is 0 Å². The van der Waals surface area contributed by atoms with Crippen LogP contribution in [-0.2, 0) is 35.5 Å². The van der Waals surface area contributed by atoms with Crippen LogP contribution in [0.4, 0.5) is 11.6 Å². The lowest BCUT2D eigenvalue weighted by Gasteiger charge is -2.45. The van der Waals surface area contributed by atoms with Crippen LogP contribution < -0.4 is 36.9 Å². The van der Waals surface area contributed by atoms with Gasteiger partial charge in [-0.3, -0.25) is 24.4 Å². The minimum atomic E-state index is -0.423. The van der Waals surface area contributed by atoms with Crippen molar-refractivity contribution in [3.8, 4) is 11.5 Å². The van der Waals surface area contributed by atoms with E-state index >= 15 is 0 Å². The lowest BCUT2D eigenvalue weighted by Crippen LogP contribution is -2.60. The Hall–Kier alpha value is -6.32. The van der Waals surface area contributed by atoms with Crippen LogP contribution in [0.2, 0.25) is 5.15 Å². The third kappa shape index (κ3) is 13.4. The van der Waals surface area contributed by atoms with Gasteiger partial charge in [-0.1, -0.05) is 48.0 Å². The number of nitrogen functional groups attached to an aromatic ring is 2. The van der Waals surface area contributed by atoms with Crippen LogP contribution in [0.25, 0.3) is 0 Å². The van der Waals surface area contributed by atoms with E-state index in [0.717, 1.165) is 80.6 Å². The van der Waals surface area contributed by atoms with Crippen LogP contribution >= 0.6 is 11.6 Å². The molecule has 0 bridgehead atoms. The Balaban J connectivity index is 1.01. The quantitative estimate of drug-likeness (QED) is 0.0692. The third-order valence-electron chi connectivity index (χ3n) is 10.4. The molecule has 314 valence electrons. The van der Waals surface area contributed by atoms with Gasteiger partial charge in [0, 0.05) is 25.2 Å². The lowest BCUT2D eigenvalue weighted by atomic mass is 9.99. The molecule has 0 unspecified atom stereocenters. The van der Waals surface area contributed by atoms with Crippen molar-refractivity contribution in [1.82, 2.24) is 35.9 Å². The number of aryl methyl sites for hydroxylation is 2. The summed E-state index contributed by atoms with van der Waals surface area (Å²) in [5.41, 5.74) is 15.6. The number of likely N-dealkylation sites (tertiary alicyclic amines) is 1. The Morgan fingerprint density at radius 3 is 1.75 bits per heavy atom. The highest BCUT2D eigenvalue weighted by Gasteiger charge is 2.35. The largest absolute Gasteiger partial charge is 0.484 e. The molecule has 5 aromatic rings. The second-order valence-electron chi connectivity index (χ2n) is 14.9. The van der Waals surface area contributed by atoms with E-state index in [-0.39, 0.29) is 53.6 Å². The minimum Gasteiger partial charge on any atom is -0.484 e. The summed E-state index contributed by atoms with van der Waals surface area (Å²) in [6.07, 6.45) is 8.74. The number of hydrogen-bond acceptors (Lipinski definition) is 11. The molecule has 1 fully saturated rings. The zero-order valence-corrected chi connectivity index (χ0v) is 34.3. The second-order valence-corrected chi connectivity index (χ2v) is 15.3. The molecular weight excluding hydrogens is 784 g/mol. The number of ether oxygens (including phenoxy) is 2. The van der Waals surface area contributed by atoms with Crippen molar-refractivity contribution in [3.63, 3.8) is 0 Å². The van der Waals surface area contributed by atoms with Gasteiger partial charge in [0.1, 0.15) is 11.5 Å². The van der Waals surface area contributed by atoms with E-state index < -0.39 is 5.91 Å². The fourth-order valence-electron chi connectivity index (χ4n) is 7.35. The number of pyridine rings is 2. The molecule has 1 aliphatic rings. The van der Waals surface area contributed by atoms with Crippen molar-refractivity contribution in [2.75, 3.05) is 50.9 Å². The first-order valence-corrected chi connectivity index (χ1v) is 20.5. The number of benzene rings is 2. The van der Waals surface area contributed by atoms with E-state index in [9.17, 15) is 14.4 Å². The number of nitrogens with one attached hydrogen (secondary N) is 3. The van der Waals surface area contributed by atoms with Crippen molar-refractivity contribution in [2.24, 2.45) is 0 Å². The summed E-state index contributed by atoms with van der Waals surface area (Å²) in [6.45, 7) is 4.11. The number of quaternary nitrogens is 1. The number of carbonyl (C=O) groups excluding carboxylic acids is 3.